The highest BCUT2D eigenvalue weighted by Gasteiger charge is 2.47. The van der Waals surface area contributed by atoms with Gasteiger partial charge in [-0.3, -0.25) is 4.79 Å². The number of fused-ring (bicyclic) bond motifs is 1. The minimum atomic E-state index is -1.92. The van der Waals surface area contributed by atoms with E-state index in [0.717, 1.165) is 12.1 Å². The molecule has 16 nitrogen and oxygen atoms in total. The number of aliphatic hydroxyl groups excluding tert-OH is 6. The molecule has 5 rings (SSSR count). The van der Waals surface area contributed by atoms with Crippen molar-refractivity contribution in [3.63, 3.8) is 0 Å². The molecule has 16 heteroatoms. The van der Waals surface area contributed by atoms with Crippen molar-refractivity contribution in [2.24, 2.45) is 0 Å². The van der Waals surface area contributed by atoms with Crippen molar-refractivity contribution in [3.8, 4) is 40.1 Å². The van der Waals surface area contributed by atoms with Crippen LogP contribution >= 0.6 is 0 Å². The molecule has 0 bridgehead atoms. The van der Waals surface area contributed by atoms with Gasteiger partial charge in [-0.1, -0.05) is 0 Å². The normalized spacial score (nSPS) is 31.9. The molecule has 0 unspecified atom stereocenters. The van der Waals surface area contributed by atoms with Crippen molar-refractivity contribution in [1.82, 2.24) is 0 Å². The van der Waals surface area contributed by atoms with Crippen molar-refractivity contribution in [2.45, 2.75) is 68.3 Å². The zero-order valence-corrected chi connectivity index (χ0v) is 24.2. The quantitative estimate of drug-likeness (QED) is 0.146. The third-order valence-corrected chi connectivity index (χ3v) is 7.70. The van der Waals surface area contributed by atoms with Crippen molar-refractivity contribution >= 4 is 11.0 Å². The number of ether oxygens (including phenoxy) is 6. The number of hydrogen-bond donors (Lipinski definition) is 8. The van der Waals surface area contributed by atoms with Crippen LogP contribution in [0.2, 0.25) is 0 Å². The number of aromatic hydroxyl groups is 2. The van der Waals surface area contributed by atoms with Gasteiger partial charge in [-0.25, -0.2) is 0 Å². The Morgan fingerprint density at radius 3 is 2.13 bits per heavy atom. The third-order valence-electron chi connectivity index (χ3n) is 7.70. The largest absolute Gasteiger partial charge is 0.508 e. The fourth-order valence-corrected chi connectivity index (χ4v) is 5.15. The zero-order chi connectivity index (χ0) is 32.7. The predicted octanol–water partition coefficient (Wildman–Crippen LogP) is -1.08. The summed E-state index contributed by atoms with van der Waals surface area (Å²) in [5.41, 5.74) is -0.953. The molecule has 3 aromatic rings. The summed E-state index contributed by atoms with van der Waals surface area (Å²) in [6.45, 7) is 0.868. The van der Waals surface area contributed by atoms with Crippen LogP contribution in [0.25, 0.3) is 22.3 Å². The van der Waals surface area contributed by atoms with Crippen LogP contribution in [0.5, 0.6) is 28.7 Å². The van der Waals surface area contributed by atoms with Gasteiger partial charge in [-0.05, 0) is 25.1 Å². The Morgan fingerprint density at radius 2 is 1.44 bits per heavy atom. The minimum Gasteiger partial charge on any atom is -0.508 e. The first-order chi connectivity index (χ1) is 21.4. The van der Waals surface area contributed by atoms with Gasteiger partial charge in [0, 0.05) is 17.7 Å². The number of benzene rings is 2. The summed E-state index contributed by atoms with van der Waals surface area (Å²) in [4.78, 5) is 13.8. The number of rotatable bonds is 8. The molecule has 2 aliphatic heterocycles. The summed E-state index contributed by atoms with van der Waals surface area (Å²) in [6.07, 6.45) is -15.9. The summed E-state index contributed by atoms with van der Waals surface area (Å²) in [5.74, 6) is -1.28. The van der Waals surface area contributed by atoms with E-state index in [1.807, 2.05) is 0 Å². The maximum absolute atomic E-state index is 13.8. The Kier molecular flexibility index (Phi) is 9.41. The second-order valence-corrected chi connectivity index (χ2v) is 10.6. The van der Waals surface area contributed by atoms with Gasteiger partial charge in [0.2, 0.25) is 17.5 Å². The van der Waals surface area contributed by atoms with E-state index in [-0.39, 0.29) is 28.0 Å². The molecule has 0 saturated carbocycles. The van der Waals surface area contributed by atoms with Crippen LogP contribution in [0.4, 0.5) is 0 Å². The molecular formula is C29H34O16. The molecule has 2 fully saturated rings. The predicted molar refractivity (Wildman–Crippen MR) is 150 cm³/mol. The number of phenols is 2. The summed E-state index contributed by atoms with van der Waals surface area (Å²) in [6, 6.07) is 6.48. The number of methoxy groups -OCH3 is 2. The van der Waals surface area contributed by atoms with Crippen LogP contribution in [0.15, 0.2) is 39.5 Å². The van der Waals surface area contributed by atoms with Crippen LogP contribution in [0.3, 0.4) is 0 Å². The first kappa shape index (κ1) is 32.7. The van der Waals surface area contributed by atoms with Crippen molar-refractivity contribution in [2.75, 3.05) is 20.8 Å². The number of phenolic OH excluding ortho intramolecular Hbond substituents is 2. The molecule has 8 N–H and O–H groups in total. The fraction of sp³-hybridized carbons (Fsp3) is 0.483. The Hall–Kier alpha value is -3.71. The highest BCUT2D eigenvalue weighted by Crippen LogP contribution is 2.40. The molecule has 3 heterocycles. The average molecular weight is 639 g/mol. The summed E-state index contributed by atoms with van der Waals surface area (Å²) in [5, 5.41) is 82.3. The van der Waals surface area contributed by atoms with Crippen LogP contribution in [-0.4, -0.2) is 123 Å². The molecule has 45 heavy (non-hydrogen) atoms. The number of aliphatic hydroxyl groups is 6. The van der Waals surface area contributed by atoms with Crippen molar-refractivity contribution < 1.29 is 73.7 Å². The maximum Gasteiger partial charge on any atom is 0.239 e. The molecule has 246 valence electrons. The topological polar surface area (TPSA) is 247 Å². The van der Waals surface area contributed by atoms with Crippen molar-refractivity contribution in [3.05, 3.63) is 40.6 Å². The summed E-state index contributed by atoms with van der Waals surface area (Å²) in [7, 11) is 2.80. The van der Waals surface area contributed by atoms with Gasteiger partial charge in [0.15, 0.2) is 23.5 Å². The van der Waals surface area contributed by atoms with E-state index in [9.17, 15) is 45.6 Å². The number of hydrogen-bond acceptors (Lipinski definition) is 16. The van der Waals surface area contributed by atoms with Crippen LogP contribution < -0.4 is 19.6 Å². The minimum absolute atomic E-state index is 0.202. The maximum atomic E-state index is 13.8. The molecule has 0 spiro atoms. The molecule has 2 aromatic carbocycles. The molecule has 0 radical (unpaired) electrons. The van der Waals surface area contributed by atoms with Crippen LogP contribution in [-0.2, 0) is 14.2 Å². The Balaban J connectivity index is 1.50. The second-order valence-electron chi connectivity index (χ2n) is 10.6. The highest BCUT2D eigenvalue weighted by atomic mass is 16.7. The van der Waals surface area contributed by atoms with Gasteiger partial charge in [0.25, 0.3) is 0 Å². The van der Waals surface area contributed by atoms with Gasteiger partial charge in [0.05, 0.1) is 26.9 Å². The van der Waals surface area contributed by atoms with Gasteiger partial charge >= 0.3 is 0 Å². The van der Waals surface area contributed by atoms with Gasteiger partial charge in [-0.15, -0.1) is 0 Å². The first-order valence-electron chi connectivity index (χ1n) is 13.8. The monoisotopic (exact) mass is 638 g/mol. The van der Waals surface area contributed by atoms with Crippen LogP contribution in [0.1, 0.15) is 6.92 Å². The van der Waals surface area contributed by atoms with Crippen molar-refractivity contribution in [1.29, 1.82) is 0 Å². The molecule has 0 aliphatic carbocycles. The zero-order valence-electron chi connectivity index (χ0n) is 24.2. The van der Waals surface area contributed by atoms with E-state index in [1.54, 1.807) is 0 Å². The van der Waals surface area contributed by atoms with E-state index in [4.69, 9.17) is 32.8 Å². The van der Waals surface area contributed by atoms with E-state index in [2.05, 4.69) is 0 Å². The van der Waals surface area contributed by atoms with E-state index in [0.29, 0.717) is 5.75 Å². The molecule has 2 aliphatic rings. The lowest BCUT2D eigenvalue weighted by Gasteiger charge is -2.42. The van der Waals surface area contributed by atoms with Gasteiger partial charge in [0.1, 0.15) is 65.2 Å². The van der Waals surface area contributed by atoms with Gasteiger partial charge < -0.3 is 73.7 Å². The first-order valence-corrected chi connectivity index (χ1v) is 13.8. The Bertz CT molecular complexity index is 1570. The lowest BCUT2D eigenvalue weighted by Crippen LogP contribution is -2.61. The Morgan fingerprint density at radius 1 is 0.778 bits per heavy atom. The van der Waals surface area contributed by atoms with Gasteiger partial charge in [-0.2, -0.15) is 0 Å². The third kappa shape index (κ3) is 6.11. The molecule has 2 saturated heterocycles. The fourth-order valence-electron chi connectivity index (χ4n) is 5.15. The molecule has 10 atom stereocenters. The highest BCUT2D eigenvalue weighted by molar-refractivity contribution is 5.88. The molecule has 1 aromatic heterocycles. The van der Waals surface area contributed by atoms with Crippen LogP contribution in [0, 0.1) is 0 Å². The van der Waals surface area contributed by atoms with E-state index >= 15 is 0 Å². The lowest BCUT2D eigenvalue weighted by molar-refractivity contribution is -0.318. The van der Waals surface area contributed by atoms with E-state index in [1.165, 1.54) is 39.3 Å². The molecular weight excluding hydrogens is 604 g/mol. The second kappa shape index (κ2) is 13.0. The molecule has 0 amide bonds. The lowest BCUT2D eigenvalue weighted by atomic mass is 9.98. The van der Waals surface area contributed by atoms with E-state index < -0.39 is 90.7 Å². The standard InChI is InChI=1S/C29H34O16/c1-10-19(32)22(35)24(37)28(42-10)41-9-17-20(33)23(36)25(38)29(44-17)45-27-21(34)18-13(31)7-12(30)8-16(18)43-26(27)11-4-5-14(39-2)15(6-11)40-3/h4-8,10,17,19-20,22-25,28-33,35-38H,9H2,1-3H3/t10-,17+,19-,20+,22-,23-,24+,25+,28-,29+/m0/s1. The summed E-state index contributed by atoms with van der Waals surface area (Å²) >= 11 is 0. The smallest absolute Gasteiger partial charge is 0.239 e. The average Bonchev–Trinajstić information content (AvgIpc) is 3.02. The SMILES string of the molecule is COc1ccc(-c2oc3cc(O)cc(O)c3c(=O)c2O[C@H]2O[C@H](CO[C@H]3O[C@@H](C)[C@H](O)[C@H](O)[C@H]3O)[C@@H](O)[C@H](O)[C@H]2O)cc1OC. The Labute approximate surface area is 254 Å². The summed E-state index contributed by atoms with van der Waals surface area (Å²) < 4.78 is 38.9.